The van der Waals surface area contributed by atoms with E-state index in [0.717, 1.165) is 12.8 Å². The predicted octanol–water partition coefficient (Wildman–Crippen LogP) is 1.07. The highest BCUT2D eigenvalue weighted by molar-refractivity contribution is 5.67. The van der Waals surface area contributed by atoms with Crippen molar-refractivity contribution in [2.75, 3.05) is 33.9 Å². The van der Waals surface area contributed by atoms with Gasteiger partial charge in [-0.25, -0.2) is 4.79 Å². The number of amides is 1. The van der Waals surface area contributed by atoms with Gasteiger partial charge in [0.25, 0.3) is 0 Å². The maximum Gasteiger partial charge on any atom is 0.407 e. The SMILES string of the molecule is CCC(CC)C(CNC(=O)OCCO)N(C)C. The van der Waals surface area contributed by atoms with Gasteiger partial charge in [0.05, 0.1) is 6.61 Å². The van der Waals surface area contributed by atoms with Gasteiger partial charge in [-0.1, -0.05) is 26.7 Å². The number of aliphatic hydroxyl groups is 1. The van der Waals surface area contributed by atoms with Gasteiger partial charge in [-0.05, 0) is 20.0 Å². The van der Waals surface area contributed by atoms with Gasteiger partial charge < -0.3 is 20.1 Å². The summed E-state index contributed by atoms with van der Waals surface area (Å²) in [6.45, 7) is 4.80. The van der Waals surface area contributed by atoms with Gasteiger partial charge in [0.1, 0.15) is 6.61 Å². The Bertz CT molecular complexity index is 206. The number of nitrogens with zero attached hydrogens (tertiary/aromatic N) is 1. The van der Waals surface area contributed by atoms with Gasteiger partial charge >= 0.3 is 6.09 Å². The molecular formula is C12H26N2O3. The Kier molecular flexibility index (Phi) is 8.80. The Labute approximate surface area is 104 Å². The molecule has 0 aliphatic carbocycles. The number of carbonyl (C=O) groups excluding carboxylic acids is 1. The summed E-state index contributed by atoms with van der Waals surface area (Å²) in [6, 6.07) is 0.312. The average Bonchev–Trinajstić information content (AvgIpc) is 2.31. The van der Waals surface area contributed by atoms with Crippen LogP contribution in [0.1, 0.15) is 26.7 Å². The highest BCUT2D eigenvalue weighted by Gasteiger charge is 2.21. The molecule has 0 rings (SSSR count). The number of carbonyl (C=O) groups is 1. The quantitative estimate of drug-likeness (QED) is 0.672. The Morgan fingerprint density at radius 3 is 2.35 bits per heavy atom. The Morgan fingerprint density at radius 2 is 1.94 bits per heavy atom. The molecule has 0 saturated carbocycles. The fourth-order valence-electron chi connectivity index (χ4n) is 1.98. The summed E-state index contributed by atoms with van der Waals surface area (Å²) in [5, 5.41) is 11.3. The molecule has 17 heavy (non-hydrogen) atoms. The molecule has 0 radical (unpaired) electrons. The lowest BCUT2D eigenvalue weighted by Gasteiger charge is -2.31. The molecule has 1 atom stereocenters. The van der Waals surface area contributed by atoms with E-state index in [2.05, 4.69) is 24.1 Å². The molecular weight excluding hydrogens is 220 g/mol. The largest absolute Gasteiger partial charge is 0.447 e. The van der Waals surface area contributed by atoms with Crippen molar-refractivity contribution in [3.8, 4) is 0 Å². The molecule has 0 aromatic rings. The summed E-state index contributed by atoms with van der Waals surface area (Å²) in [7, 11) is 4.04. The van der Waals surface area contributed by atoms with Crippen LogP contribution in [0.25, 0.3) is 0 Å². The van der Waals surface area contributed by atoms with Gasteiger partial charge in [-0.2, -0.15) is 0 Å². The number of nitrogens with one attached hydrogen (secondary N) is 1. The third-order valence-electron chi connectivity index (χ3n) is 3.04. The van der Waals surface area contributed by atoms with Crippen molar-refractivity contribution >= 4 is 6.09 Å². The third-order valence-corrected chi connectivity index (χ3v) is 3.04. The lowest BCUT2D eigenvalue weighted by Crippen LogP contribution is -2.44. The first kappa shape index (κ1) is 16.2. The summed E-state index contributed by atoms with van der Waals surface area (Å²) < 4.78 is 4.75. The normalized spacial score (nSPS) is 12.9. The standard InChI is InChI=1S/C12H26N2O3/c1-5-10(6-2)11(14(3)4)9-13-12(16)17-8-7-15/h10-11,15H,5-9H2,1-4H3,(H,13,16). The third kappa shape index (κ3) is 6.48. The summed E-state index contributed by atoms with van der Waals surface area (Å²) in [4.78, 5) is 13.4. The second kappa shape index (κ2) is 9.24. The second-order valence-electron chi connectivity index (χ2n) is 4.35. The molecule has 2 N–H and O–H groups in total. The van der Waals surface area contributed by atoms with E-state index in [4.69, 9.17) is 9.84 Å². The van der Waals surface area contributed by atoms with E-state index in [1.54, 1.807) is 0 Å². The lowest BCUT2D eigenvalue weighted by molar-refractivity contribution is 0.113. The van der Waals surface area contributed by atoms with Gasteiger partial charge in [0.15, 0.2) is 0 Å². The van der Waals surface area contributed by atoms with Gasteiger partial charge in [-0.3, -0.25) is 0 Å². The maximum atomic E-state index is 11.3. The number of rotatable bonds is 8. The Morgan fingerprint density at radius 1 is 1.35 bits per heavy atom. The number of hydrogen-bond acceptors (Lipinski definition) is 4. The first-order valence-electron chi connectivity index (χ1n) is 6.24. The number of alkyl carbamates (subject to hydrolysis) is 1. The monoisotopic (exact) mass is 246 g/mol. The summed E-state index contributed by atoms with van der Waals surface area (Å²) >= 11 is 0. The van der Waals surface area contributed by atoms with Crippen LogP contribution >= 0.6 is 0 Å². The van der Waals surface area contributed by atoms with Crippen molar-refractivity contribution in [2.45, 2.75) is 32.7 Å². The summed E-state index contributed by atoms with van der Waals surface area (Å²) in [6.07, 6.45) is 1.72. The van der Waals surface area contributed by atoms with E-state index in [1.807, 2.05) is 14.1 Å². The maximum absolute atomic E-state index is 11.3. The van der Waals surface area contributed by atoms with E-state index < -0.39 is 6.09 Å². The molecule has 1 unspecified atom stereocenters. The molecule has 102 valence electrons. The molecule has 0 spiro atoms. The van der Waals surface area contributed by atoms with Crippen molar-refractivity contribution in [3.05, 3.63) is 0 Å². The first-order chi connectivity index (χ1) is 8.06. The Hall–Kier alpha value is -0.810. The Balaban J connectivity index is 4.13. The predicted molar refractivity (Wildman–Crippen MR) is 68.0 cm³/mol. The van der Waals surface area contributed by atoms with Crippen LogP contribution in [0, 0.1) is 5.92 Å². The highest BCUT2D eigenvalue weighted by atomic mass is 16.6. The zero-order valence-corrected chi connectivity index (χ0v) is 11.4. The zero-order valence-electron chi connectivity index (χ0n) is 11.4. The highest BCUT2D eigenvalue weighted by Crippen LogP contribution is 2.16. The number of aliphatic hydroxyl groups excluding tert-OH is 1. The molecule has 5 nitrogen and oxygen atoms in total. The van der Waals surface area contributed by atoms with Gasteiger partial charge in [0, 0.05) is 12.6 Å². The van der Waals surface area contributed by atoms with E-state index in [1.165, 1.54) is 0 Å². The number of ether oxygens (including phenoxy) is 1. The first-order valence-corrected chi connectivity index (χ1v) is 6.24. The van der Waals surface area contributed by atoms with Crippen molar-refractivity contribution < 1.29 is 14.6 Å². The molecule has 0 aromatic heterocycles. The van der Waals surface area contributed by atoms with Crippen molar-refractivity contribution in [1.29, 1.82) is 0 Å². The van der Waals surface area contributed by atoms with Crippen LogP contribution in [0.4, 0.5) is 4.79 Å². The van der Waals surface area contributed by atoms with Gasteiger partial charge in [-0.15, -0.1) is 0 Å². The fourth-order valence-corrected chi connectivity index (χ4v) is 1.98. The average molecular weight is 246 g/mol. The molecule has 0 saturated heterocycles. The smallest absolute Gasteiger partial charge is 0.407 e. The van der Waals surface area contributed by atoms with Crippen LogP contribution in [0.5, 0.6) is 0 Å². The minimum Gasteiger partial charge on any atom is -0.447 e. The van der Waals surface area contributed by atoms with E-state index >= 15 is 0 Å². The molecule has 1 amide bonds. The zero-order chi connectivity index (χ0) is 13.3. The fraction of sp³-hybridized carbons (Fsp3) is 0.917. The van der Waals surface area contributed by atoms with Gasteiger partial charge in [0.2, 0.25) is 0 Å². The van der Waals surface area contributed by atoms with Crippen molar-refractivity contribution in [2.24, 2.45) is 5.92 Å². The topological polar surface area (TPSA) is 61.8 Å². The molecule has 5 heteroatoms. The second-order valence-corrected chi connectivity index (χ2v) is 4.35. The molecule has 0 aromatic carbocycles. The van der Waals surface area contributed by atoms with Crippen LogP contribution in [-0.4, -0.2) is 56.0 Å². The molecule has 0 bridgehead atoms. The van der Waals surface area contributed by atoms with E-state index in [0.29, 0.717) is 18.5 Å². The molecule has 0 aliphatic rings. The van der Waals surface area contributed by atoms with E-state index in [-0.39, 0.29) is 13.2 Å². The van der Waals surface area contributed by atoms with E-state index in [9.17, 15) is 4.79 Å². The van der Waals surface area contributed by atoms with Crippen LogP contribution in [0.15, 0.2) is 0 Å². The number of hydrogen-bond donors (Lipinski definition) is 2. The van der Waals surface area contributed by atoms with Crippen LogP contribution in [-0.2, 0) is 4.74 Å². The van der Waals surface area contributed by atoms with Crippen LogP contribution < -0.4 is 5.32 Å². The lowest BCUT2D eigenvalue weighted by atomic mass is 9.93. The van der Waals surface area contributed by atoms with Crippen LogP contribution in [0.3, 0.4) is 0 Å². The minimum absolute atomic E-state index is 0.0451. The minimum atomic E-state index is -0.461. The molecule has 0 heterocycles. The van der Waals surface area contributed by atoms with Crippen molar-refractivity contribution in [3.63, 3.8) is 0 Å². The number of likely N-dealkylation sites (N-methyl/N-ethyl adjacent to an activating group) is 1. The molecule has 0 fully saturated rings. The van der Waals surface area contributed by atoms with Crippen LogP contribution in [0.2, 0.25) is 0 Å². The molecule has 0 aliphatic heterocycles. The summed E-state index contributed by atoms with van der Waals surface area (Å²) in [5.74, 6) is 0.558. The van der Waals surface area contributed by atoms with Crippen molar-refractivity contribution in [1.82, 2.24) is 10.2 Å². The summed E-state index contributed by atoms with van der Waals surface area (Å²) in [5.41, 5.74) is 0.